The fraction of sp³-hybridized carbons (Fsp3) is 0.300. The molecule has 1 aromatic heterocycles. The summed E-state index contributed by atoms with van der Waals surface area (Å²) in [5.41, 5.74) is -0.00259. The van der Waals surface area contributed by atoms with E-state index in [2.05, 4.69) is 20.6 Å². The van der Waals surface area contributed by atoms with Crippen LogP contribution in [0.5, 0.6) is 0 Å². The molecule has 2 amide bonds. The highest BCUT2D eigenvalue weighted by Crippen LogP contribution is 2.04. The topological polar surface area (TPSA) is 92.9 Å². The molecular weight excluding hydrogens is 226 g/mol. The maximum Gasteiger partial charge on any atom is 0.277 e. The average molecular weight is 237 g/mol. The molecule has 90 valence electrons. The number of oxime groups is 1. The Balaban J connectivity index is 2.09. The monoisotopic (exact) mass is 237 g/mol. The lowest BCUT2D eigenvalue weighted by Crippen LogP contribution is -2.62. The molecule has 2 heterocycles. The zero-order chi connectivity index (χ0) is 12.3. The van der Waals surface area contributed by atoms with E-state index >= 15 is 0 Å². The largest absolute Gasteiger partial charge is 0.462 e. The minimum absolute atomic E-state index is 0.00259. The van der Waals surface area contributed by atoms with Crippen molar-refractivity contribution in [2.24, 2.45) is 5.16 Å². The van der Waals surface area contributed by atoms with E-state index in [-0.39, 0.29) is 17.4 Å². The Labute approximate surface area is 96.8 Å². The standard InChI is InChI=1S/C10H11N3O4/c1-16-13-8(7-3-2-4-17-7)10(15)12-6-5-11-9(6)14/h2-4,6H,5H2,1H3,(H,11,14)(H,12,15)/b13-8+. The van der Waals surface area contributed by atoms with Gasteiger partial charge in [0.25, 0.3) is 5.91 Å². The summed E-state index contributed by atoms with van der Waals surface area (Å²) in [6, 6.07) is 2.70. The first-order valence-electron chi connectivity index (χ1n) is 4.96. The first-order valence-corrected chi connectivity index (χ1v) is 4.96. The summed E-state index contributed by atoms with van der Waals surface area (Å²) in [6.07, 6.45) is 1.42. The lowest BCUT2D eigenvalue weighted by atomic mass is 10.1. The SMILES string of the molecule is CO/N=C(/C(=O)NC1CNC1=O)c1ccco1. The quantitative estimate of drug-likeness (QED) is 0.409. The van der Waals surface area contributed by atoms with Gasteiger partial charge in [-0.3, -0.25) is 9.59 Å². The van der Waals surface area contributed by atoms with Gasteiger partial charge in [0.15, 0.2) is 5.76 Å². The number of furan rings is 1. The van der Waals surface area contributed by atoms with E-state index in [4.69, 9.17) is 4.42 Å². The normalized spacial score (nSPS) is 19.2. The van der Waals surface area contributed by atoms with Crippen molar-refractivity contribution in [1.29, 1.82) is 0 Å². The molecule has 1 saturated heterocycles. The second kappa shape index (κ2) is 4.69. The van der Waals surface area contributed by atoms with Gasteiger partial charge in [-0.15, -0.1) is 0 Å². The molecule has 0 saturated carbocycles. The molecular formula is C10H11N3O4. The van der Waals surface area contributed by atoms with Gasteiger partial charge in [0, 0.05) is 6.54 Å². The molecule has 1 fully saturated rings. The summed E-state index contributed by atoms with van der Waals surface area (Å²) in [4.78, 5) is 27.4. The van der Waals surface area contributed by atoms with E-state index in [0.29, 0.717) is 6.54 Å². The summed E-state index contributed by atoms with van der Waals surface area (Å²) < 4.78 is 5.06. The molecule has 1 atom stereocenters. The van der Waals surface area contributed by atoms with Crippen LogP contribution in [-0.2, 0) is 14.4 Å². The van der Waals surface area contributed by atoms with Crippen LogP contribution in [0.2, 0.25) is 0 Å². The molecule has 7 heteroatoms. The summed E-state index contributed by atoms with van der Waals surface area (Å²) >= 11 is 0. The Kier molecular flexibility index (Phi) is 3.08. The van der Waals surface area contributed by atoms with E-state index in [1.807, 2.05) is 0 Å². The minimum Gasteiger partial charge on any atom is -0.462 e. The molecule has 0 radical (unpaired) electrons. The summed E-state index contributed by atoms with van der Waals surface area (Å²) in [5, 5.41) is 8.62. The number of rotatable bonds is 4. The Morgan fingerprint density at radius 3 is 3.00 bits per heavy atom. The van der Waals surface area contributed by atoms with Crippen LogP contribution in [0.15, 0.2) is 28.0 Å². The van der Waals surface area contributed by atoms with Crippen molar-refractivity contribution >= 4 is 17.5 Å². The van der Waals surface area contributed by atoms with Crippen LogP contribution < -0.4 is 10.6 Å². The Morgan fingerprint density at radius 2 is 2.53 bits per heavy atom. The number of β-lactam (4-membered cyclic amide) rings is 1. The van der Waals surface area contributed by atoms with E-state index in [1.165, 1.54) is 13.4 Å². The lowest BCUT2D eigenvalue weighted by molar-refractivity contribution is -0.131. The number of nitrogens with one attached hydrogen (secondary N) is 2. The molecule has 0 aromatic carbocycles. The van der Waals surface area contributed by atoms with E-state index in [9.17, 15) is 9.59 Å². The van der Waals surface area contributed by atoms with Crippen molar-refractivity contribution < 1.29 is 18.8 Å². The van der Waals surface area contributed by atoms with E-state index < -0.39 is 11.9 Å². The molecule has 1 aliphatic heterocycles. The zero-order valence-electron chi connectivity index (χ0n) is 9.10. The molecule has 0 spiro atoms. The van der Waals surface area contributed by atoms with E-state index in [0.717, 1.165) is 0 Å². The molecule has 0 bridgehead atoms. The molecule has 1 unspecified atom stereocenters. The summed E-state index contributed by atoms with van der Waals surface area (Å²) in [5.74, 6) is -0.444. The minimum atomic E-state index is -0.514. The van der Waals surface area contributed by atoms with E-state index in [1.54, 1.807) is 12.1 Å². The van der Waals surface area contributed by atoms with Crippen molar-refractivity contribution in [2.45, 2.75) is 6.04 Å². The molecule has 2 rings (SSSR count). The maximum atomic E-state index is 11.8. The van der Waals surface area contributed by atoms with Gasteiger partial charge in [0.05, 0.1) is 6.26 Å². The number of hydrogen-bond acceptors (Lipinski definition) is 5. The number of carbonyl (C=O) groups is 2. The van der Waals surface area contributed by atoms with Crippen LogP contribution >= 0.6 is 0 Å². The van der Waals surface area contributed by atoms with Gasteiger partial charge in [-0.25, -0.2) is 0 Å². The fourth-order valence-electron chi connectivity index (χ4n) is 1.33. The van der Waals surface area contributed by atoms with Crippen LogP contribution in [0.1, 0.15) is 5.76 Å². The van der Waals surface area contributed by atoms with Crippen molar-refractivity contribution in [2.75, 3.05) is 13.7 Å². The van der Waals surface area contributed by atoms with Gasteiger partial charge < -0.3 is 19.9 Å². The molecule has 1 aromatic rings. The molecule has 1 aliphatic rings. The van der Waals surface area contributed by atoms with Crippen LogP contribution in [0.25, 0.3) is 0 Å². The number of amides is 2. The van der Waals surface area contributed by atoms with Crippen molar-refractivity contribution in [3.63, 3.8) is 0 Å². The molecule has 17 heavy (non-hydrogen) atoms. The van der Waals surface area contributed by atoms with Gasteiger partial charge in [0.1, 0.15) is 13.2 Å². The van der Waals surface area contributed by atoms with Crippen molar-refractivity contribution in [1.82, 2.24) is 10.6 Å². The highest BCUT2D eigenvalue weighted by atomic mass is 16.6. The zero-order valence-corrected chi connectivity index (χ0v) is 9.10. The third-order valence-electron chi connectivity index (χ3n) is 2.25. The highest BCUT2D eigenvalue weighted by Gasteiger charge is 2.31. The van der Waals surface area contributed by atoms with Crippen LogP contribution in [-0.4, -0.2) is 37.2 Å². The number of carbonyl (C=O) groups excluding carboxylic acids is 2. The van der Waals surface area contributed by atoms with Gasteiger partial charge >= 0.3 is 0 Å². The number of hydrogen-bond donors (Lipinski definition) is 2. The third-order valence-corrected chi connectivity index (χ3v) is 2.25. The Bertz CT molecular complexity index is 452. The van der Waals surface area contributed by atoms with Crippen LogP contribution in [0.4, 0.5) is 0 Å². The van der Waals surface area contributed by atoms with Crippen molar-refractivity contribution in [3.05, 3.63) is 24.2 Å². The highest BCUT2D eigenvalue weighted by molar-refractivity contribution is 6.44. The second-order valence-electron chi connectivity index (χ2n) is 3.37. The molecule has 2 N–H and O–H groups in total. The van der Waals surface area contributed by atoms with Gasteiger partial charge in [-0.2, -0.15) is 0 Å². The molecule has 7 nitrogen and oxygen atoms in total. The predicted molar refractivity (Wildman–Crippen MR) is 57.2 cm³/mol. The summed E-state index contributed by atoms with van der Waals surface area (Å²) in [7, 11) is 1.33. The molecule has 0 aliphatic carbocycles. The third kappa shape index (κ3) is 2.27. The van der Waals surface area contributed by atoms with Gasteiger partial charge in [-0.1, -0.05) is 5.16 Å². The first-order chi connectivity index (χ1) is 8.22. The van der Waals surface area contributed by atoms with Gasteiger partial charge in [-0.05, 0) is 12.1 Å². The van der Waals surface area contributed by atoms with Gasteiger partial charge in [0.2, 0.25) is 11.6 Å². The summed E-state index contributed by atoms with van der Waals surface area (Å²) in [6.45, 7) is 0.420. The second-order valence-corrected chi connectivity index (χ2v) is 3.37. The lowest BCUT2D eigenvalue weighted by Gasteiger charge is -2.26. The van der Waals surface area contributed by atoms with Crippen molar-refractivity contribution in [3.8, 4) is 0 Å². The van der Waals surface area contributed by atoms with Crippen LogP contribution in [0.3, 0.4) is 0 Å². The van der Waals surface area contributed by atoms with Crippen LogP contribution in [0, 0.1) is 0 Å². The first kappa shape index (κ1) is 11.2. The predicted octanol–water partition coefficient (Wildman–Crippen LogP) is -0.755. The maximum absolute atomic E-state index is 11.8. The Hall–Kier alpha value is -2.31. The smallest absolute Gasteiger partial charge is 0.277 e. The Morgan fingerprint density at radius 1 is 1.71 bits per heavy atom. The average Bonchev–Trinajstić information content (AvgIpc) is 2.84. The fourth-order valence-corrected chi connectivity index (χ4v) is 1.33. The number of nitrogens with zero attached hydrogens (tertiary/aromatic N) is 1.